The Morgan fingerprint density at radius 3 is 2.64 bits per heavy atom. The summed E-state index contributed by atoms with van der Waals surface area (Å²) >= 11 is 0. The third-order valence-electron chi connectivity index (χ3n) is 4.73. The molecule has 0 saturated heterocycles. The molecule has 33 heavy (non-hydrogen) atoms. The second-order valence-corrected chi connectivity index (χ2v) is 7.12. The van der Waals surface area contributed by atoms with Crippen molar-refractivity contribution in [2.45, 2.75) is 12.5 Å². The highest BCUT2D eigenvalue weighted by Gasteiger charge is 2.16. The van der Waals surface area contributed by atoms with Crippen molar-refractivity contribution in [2.75, 3.05) is 10.7 Å². The van der Waals surface area contributed by atoms with Crippen molar-refractivity contribution >= 4 is 23.5 Å². The van der Waals surface area contributed by atoms with Gasteiger partial charge in [-0.1, -0.05) is 12.1 Å². The molecule has 10 nitrogen and oxygen atoms in total. The van der Waals surface area contributed by atoms with Crippen LogP contribution < -0.4 is 16.2 Å². The summed E-state index contributed by atoms with van der Waals surface area (Å²) in [6, 6.07) is 12.6. The maximum atomic E-state index is 13.0. The molecule has 0 radical (unpaired) electrons. The number of carbonyl (C=O) groups is 1. The van der Waals surface area contributed by atoms with E-state index in [1.54, 1.807) is 54.6 Å². The van der Waals surface area contributed by atoms with Crippen molar-refractivity contribution in [3.8, 4) is 11.3 Å². The van der Waals surface area contributed by atoms with Crippen molar-refractivity contribution in [1.29, 1.82) is 0 Å². The molecule has 11 heteroatoms. The second-order valence-electron chi connectivity index (χ2n) is 7.12. The van der Waals surface area contributed by atoms with Gasteiger partial charge in [0, 0.05) is 37.5 Å². The molecule has 1 atom stereocenters. The highest BCUT2D eigenvalue weighted by Crippen LogP contribution is 2.21. The first kappa shape index (κ1) is 21.8. The molecular weight excluding hydrogens is 427 g/mol. The number of benzene rings is 1. The topological polar surface area (TPSA) is 130 Å². The highest BCUT2D eigenvalue weighted by atomic mass is 19.1. The van der Waals surface area contributed by atoms with Crippen LogP contribution in [0, 0.1) is 5.82 Å². The molecule has 4 rings (SSSR count). The van der Waals surface area contributed by atoms with Gasteiger partial charge in [0.2, 0.25) is 5.95 Å². The van der Waals surface area contributed by atoms with Crippen molar-refractivity contribution < 1.29 is 14.3 Å². The molecule has 4 aromatic rings. The van der Waals surface area contributed by atoms with Gasteiger partial charge in [-0.25, -0.2) is 19.3 Å². The number of nitrogens with zero attached hydrogens (tertiary/aromatic N) is 5. The Morgan fingerprint density at radius 1 is 1.09 bits per heavy atom. The van der Waals surface area contributed by atoms with Gasteiger partial charge in [0.1, 0.15) is 23.6 Å². The molecule has 1 aromatic carbocycles. The molecule has 0 fully saturated rings. The standard InChI is InChI=1S/C22H21FN8O2/c1-31-20(8-11-26-31)28-22-25-10-7-17(27-22)15-6-9-24-19(13-15)29-30-21(33)18(32)12-14-2-4-16(23)5-3-14/h2-11,13,18,32H,12H2,1H3,(H,24,29)(H,30,33)(H,25,27,28). The van der Waals surface area contributed by atoms with Crippen LogP contribution in [0.1, 0.15) is 5.56 Å². The van der Waals surface area contributed by atoms with Crippen molar-refractivity contribution in [1.82, 2.24) is 30.2 Å². The second kappa shape index (κ2) is 9.83. The molecular formula is C22H21FN8O2. The Bertz CT molecular complexity index is 1250. The maximum absolute atomic E-state index is 13.0. The van der Waals surface area contributed by atoms with Gasteiger partial charge >= 0.3 is 0 Å². The number of anilines is 3. The Balaban J connectivity index is 1.38. The van der Waals surface area contributed by atoms with Gasteiger partial charge in [-0.15, -0.1) is 0 Å². The van der Waals surface area contributed by atoms with Crippen LogP contribution in [0.5, 0.6) is 0 Å². The summed E-state index contributed by atoms with van der Waals surface area (Å²) in [5.41, 5.74) is 7.13. The van der Waals surface area contributed by atoms with E-state index in [9.17, 15) is 14.3 Å². The lowest BCUT2D eigenvalue weighted by atomic mass is 10.1. The average molecular weight is 448 g/mol. The normalized spacial score (nSPS) is 11.6. The summed E-state index contributed by atoms with van der Waals surface area (Å²) in [5, 5.41) is 17.3. The minimum atomic E-state index is -1.31. The molecule has 0 aliphatic rings. The number of nitrogens with one attached hydrogen (secondary N) is 3. The molecule has 3 aromatic heterocycles. The maximum Gasteiger partial charge on any atom is 0.267 e. The van der Waals surface area contributed by atoms with E-state index >= 15 is 0 Å². The minimum absolute atomic E-state index is 0.0502. The summed E-state index contributed by atoms with van der Waals surface area (Å²) < 4.78 is 14.7. The highest BCUT2D eigenvalue weighted by molar-refractivity contribution is 5.82. The van der Waals surface area contributed by atoms with E-state index in [1.165, 1.54) is 24.3 Å². The van der Waals surface area contributed by atoms with Crippen LogP contribution in [0.3, 0.4) is 0 Å². The summed E-state index contributed by atoms with van der Waals surface area (Å²) in [4.78, 5) is 25.1. The lowest BCUT2D eigenvalue weighted by molar-refractivity contribution is -0.128. The number of amides is 1. The first-order valence-electron chi connectivity index (χ1n) is 10.0. The van der Waals surface area contributed by atoms with Crippen LogP contribution in [0.2, 0.25) is 0 Å². The van der Waals surface area contributed by atoms with E-state index in [2.05, 4.69) is 36.2 Å². The summed E-state index contributed by atoms with van der Waals surface area (Å²) in [6.45, 7) is 0. The van der Waals surface area contributed by atoms with E-state index in [4.69, 9.17) is 0 Å². The zero-order chi connectivity index (χ0) is 23.2. The molecule has 4 N–H and O–H groups in total. The van der Waals surface area contributed by atoms with Gasteiger partial charge in [-0.05, 0) is 35.9 Å². The Kier molecular flexibility index (Phi) is 6.51. The van der Waals surface area contributed by atoms with E-state index in [0.717, 1.165) is 11.4 Å². The predicted octanol–water partition coefficient (Wildman–Crippen LogP) is 2.20. The lowest BCUT2D eigenvalue weighted by Gasteiger charge is -2.13. The number of aryl methyl sites for hydroxylation is 1. The molecule has 0 saturated carbocycles. The number of pyridine rings is 1. The number of rotatable bonds is 8. The summed E-state index contributed by atoms with van der Waals surface area (Å²) in [5.74, 6) is 0.477. The fourth-order valence-electron chi connectivity index (χ4n) is 2.99. The van der Waals surface area contributed by atoms with Crippen LogP contribution in [0.4, 0.5) is 22.0 Å². The fraction of sp³-hybridized carbons (Fsp3) is 0.136. The first-order valence-corrected chi connectivity index (χ1v) is 10.0. The van der Waals surface area contributed by atoms with E-state index in [-0.39, 0.29) is 12.2 Å². The van der Waals surface area contributed by atoms with Crippen molar-refractivity contribution in [2.24, 2.45) is 7.05 Å². The summed E-state index contributed by atoms with van der Waals surface area (Å²) in [7, 11) is 1.80. The third kappa shape index (κ3) is 5.66. The van der Waals surface area contributed by atoms with Crippen LogP contribution in [-0.2, 0) is 18.3 Å². The Morgan fingerprint density at radius 2 is 1.88 bits per heavy atom. The van der Waals surface area contributed by atoms with Crippen LogP contribution in [0.25, 0.3) is 11.3 Å². The molecule has 0 aliphatic heterocycles. The van der Waals surface area contributed by atoms with Gasteiger partial charge in [-0.2, -0.15) is 5.10 Å². The Labute approximate surface area is 188 Å². The van der Waals surface area contributed by atoms with Gasteiger partial charge in [-0.3, -0.25) is 20.3 Å². The lowest BCUT2D eigenvalue weighted by Crippen LogP contribution is -2.39. The number of carbonyl (C=O) groups excluding carboxylic acids is 1. The van der Waals surface area contributed by atoms with Gasteiger partial charge in [0.05, 0.1) is 11.9 Å². The largest absolute Gasteiger partial charge is 0.383 e. The monoisotopic (exact) mass is 448 g/mol. The summed E-state index contributed by atoms with van der Waals surface area (Å²) in [6.07, 6.45) is 3.60. The van der Waals surface area contributed by atoms with Crippen LogP contribution >= 0.6 is 0 Å². The molecule has 168 valence electrons. The number of aliphatic hydroxyl groups is 1. The third-order valence-corrected chi connectivity index (χ3v) is 4.73. The first-order chi connectivity index (χ1) is 16.0. The average Bonchev–Trinajstić information content (AvgIpc) is 3.23. The zero-order valence-electron chi connectivity index (χ0n) is 17.6. The minimum Gasteiger partial charge on any atom is -0.383 e. The molecule has 0 spiro atoms. The predicted molar refractivity (Wildman–Crippen MR) is 120 cm³/mol. The SMILES string of the molecule is Cn1nccc1Nc1nccc(-c2ccnc(NNC(=O)C(O)Cc3ccc(F)cc3)c2)n1. The van der Waals surface area contributed by atoms with Crippen molar-refractivity contribution in [3.05, 3.63) is 78.5 Å². The number of halogens is 1. The number of hydrazine groups is 1. The van der Waals surface area contributed by atoms with Crippen LogP contribution in [-0.4, -0.2) is 41.9 Å². The van der Waals surface area contributed by atoms with Gasteiger partial charge in [0.25, 0.3) is 5.91 Å². The smallest absolute Gasteiger partial charge is 0.267 e. The fourth-order valence-corrected chi connectivity index (χ4v) is 2.99. The van der Waals surface area contributed by atoms with Gasteiger partial charge < -0.3 is 10.4 Å². The Hall–Kier alpha value is -4.38. The molecule has 1 amide bonds. The number of hydrogen-bond acceptors (Lipinski definition) is 8. The molecule has 0 bridgehead atoms. The van der Waals surface area contributed by atoms with E-state index < -0.39 is 12.0 Å². The molecule has 1 unspecified atom stereocenters. The molecule has 3 heterocycles. The number of hydrogen-bond donors (Lipinski definition) is 4. The van der Waals surface area contributed by atoms with Crippen LogP contribution in [0.15, 0.2) is 67.1 Å². The number of aliphatic hydroxyl groups excluding tert-OH is 1. The zero-order valence-corrected chi connectivity index (χ0v) is 17.6. The number of aromatic nitrogens is 5. The van der Waals surface area contributed by atoms with E-state index in [1.807, 2.05) is 0 Å². The quantitative estimate of drug-likeness (QED) is 0.302. The van der Waals surface area contributed by atoms with Crippen molar-refractivity contribution in [3.63, 3.8) is 0 Å². The van der Waals surface area contributed by atoms with Gasteiger partial charge in [0.15, 0.2) is 0 Å². The molecule has 0 aliphatic carbocycles. The van der Waals surface area contributed by atoms with E-state index in [0.29, 0.717) is 23.0 Å².